The summed E-state index contributed by atoms with van der Waals surface area (Å²) in [6, 6.07) is 6.75. The number of aliphatic hydroxyl groups is 1. The highest BCUT2D eigenvalue weighted by atomic mass is 19.1. The molecule has 5 heteroatoms. The number of rotatable bonds is 5. The number of halogens is 1. The molecule has 1 aliphatic heterocycles. The SMILES string of the molecule is O=C(NCC(c1ccc(F)cc1)N1CCCCC1)C1CCC(O)CC1. The minimum Gasteiger partial charge on any atom is -0.393 e. The van der Waals surface area contributed by atoms with E-state index in [1.54, 1.807) is 0 Å². The standard InChI is InChI=1S/C20H29FN2O2/c21-17-8-4-15(5-9-17)19(23-12-2-1-3-13-23)14-22-20(25)16-6-10-18(24)11-7-16/h4-5,8-9,16,18-19,24H,1-3,6-7,10-14H2,(H,22,25). The lowest BCUT2D eigenvalue weighted by atomic mass is 9.87. The minimum absolute atomic E-state index is 0.0126. The van der Waals surface area contributed by atoms with Crippen LogP contribution in [0.3, 0.4) is 0 Å². The average Bonchev–Trinajstić information content (AvgIpc) is 2.64. The predicted molar refractivity (Wildman–Crippen MR) is 95.5 cm³/mol. The van der Waals surface area contributed by atoms with E-state index in [0.717, 1.165) is 31.5 Å². The van der Waals surface area contributed by atoms with E-state index in [1.165, 1.54) is 31.4 Å². The van der Waals surface area contributed by atoms with E-state index >= 15 is 0 Å². The first-order chi connectivity index (χ1) is 12.1. The topological polar surface area (TPSA) is 52.6 Å². The van der Waals surface area contributed by atoms with Gasteiger partial charge >= 0.3 is 0 Å². The molecule has 1 aliphatic carbocycles. The Morgan fingerprint density at radius 3 is 2.40 bits per heavy atom. The molecule has 2 aliphatic rings. The number of benzene rings is 1. The van der Waals surface area contributed by atoms with E-state index in [2.05, 4.69) is 10.2 Å². The first-order valence-electron chi connectivity index (χ1n) is 9.59. The number of amides is 1. The van der Waals surface area contributed by atoms with Gasteiger partial charge in [0.1, 0.15) is 5.82 Å². The maximum Gasteiger partial charge on any atom is 0.223 e. The molecule has 1 amide bonds. The van der Waals surface area contributed by atoms with Crippen molar-refractivity contribution in [3.8, 4) is 0 Å². The van der Waals surface area contributed by atoms with Crippen LogP contribution in [0.4, 0.5) is 4.39 Å². The molecule has 0 spiro atoms. The molecule has 0 aromatic heterocycles. The molecule has 3 rings (SSSR count). The van der Waals surface area contributed by atoms with Gasteiger partial charge in [-0.15, -0.1) is 0 Å². The van der Waals surface area contributed by atoms with Crippen molar-refractivity contribution in [2.75, 3.05) is 19.6 Å². The summed E-state index contributed by atoms with van der Waals surface area (Å²) in [5, 5.41) is 12.7. The van der Waals surface area contributed by atoms with Crippen LogP contribution in [-0.2, 0) is 4.79 Å². The van der Waals surface area contributed by atoms with E-state index in [9.17, 15) is 14.3 Å². The van der Waals surface area contributed by atoms with Crippen molar-refractivity contribution in [3.05, 3.63) is 35.6 Å². The number of carbonyl (C=O) groups is 1. The minimum atomic E-state index is -0.246. The van der Waals surface area contributed by atoms with Crippen LogP contribution in [0, 0.1) is 11.7 Å². The van der Waals surface area contributed by atoms with Crippen LogP contribution in [0.15, 0.2) is 24.3 Å². The number of aliphatic hydroxyl groups excluding tert-OH is 1. The van der Waals surface area contributed by atoms with Gasteiger partial charge < -0.3 is 10.4 Å². The molecule has 1 aromatic rings. The van der Waals surface area contributed by atoms with Gasteiger partial charge in [0.2, 0.25) is 5.91 Å². The van der Waals surface area contributed by atoms with Crippen molar-refractivity contribution >= 4 is 5.91 Å². The molecule has 1 atom stereocenters. The Hall–Kier alpha value is -1.46. The fourth-order valence-corrected chi connectivity index (χ4v) is 4.05. The van der Waals surface area contributed by atoms with E-state index in [1.807, 2.05) is 12.1 Å². The highest BCUT2D eigenvalue weighted by Crippen LogP contribution is 2.26. The van der Waals surface area contributed by atoms with E-state index in [0.29, 0.717) is 19.4 Å². The maximum atomic E-state index is 13.3. The normalized spacial score (nSPS) is 26.2. The lowest BCUT2D eigenvalue weighted by molar-refractivity contribution is -0.126. The number of hydrogen-bond acceptors (Lipinski definition) is 3. The molecule has 4 nitrogen and oxygen atoms in total. The first-order valence-corrected chi connectivity index (χ1v) is 9.59. The van der Waals surface area contributed by atoms with Crippen LogP contribution in [0.5, 0.6) is 0 Å². The molecule has 2 N–H and O–H groups in total. The largest absolute Gasteiger partial charge is 0.393 e. The van der Waals surface area contributed by atoms with Crippen LogP contribution in [0.1, 0.15) is 56.6 Å². The second-order valence-corrected chi connectivity index (χ2v) is 7.41. The zero-order valence-electron chi connectivity index (χ0n) is 14.8. The van der Waals surface area contributed by atoms with Gasteiger partial charge in [-0.2, -0.15) is 0 Å². The number of hydrogen-bond donors (Lipinski definition) is 2. The molecule has 25 heavy (non-hydrogen) atoms. The van der Waals surface area contributed by atoms with E-state index in [-0.39, 0.29) is 29.8 Å². The molecular formula is C20H29FN2O2. The number of carbonyl (C=O) groups excluding carboxylic acids is 1. The quantitative estimate of drug-likeness (QED) is 0.860. The van der Waals surface area contributed by atoms with Crippen LogP contribution in [-0.4, -0.2) is 41.7 Å². The molecule has 1 aromatic carbocycles. The van der Waals surface area contributed by atoms with Crippen LogP contribution in [0.25, 0.3) is 0 Å². The molecule has 1 heterocycles. The molecule has 1 unspecified atom stereocenters. The average molecular weight is 348 g/mol. The van der Waals surface area contributed by atoms with E-state index in [4.69, 9.17) is 0 Å². The van der Waals surface area contributed by atoms with Crippen molar-refractivity contribution in [2.24, 2.45) is 5.92 Å². The molecule has 0 bridgehead atoms. The summed E-state index contributed by atoms with van der Waals surface area (Å²) in [6.07, 6.45) is 6.30. The molecule has 2 fully saturated rings. The van der Waals surface area contributed by atoms with Crippen LogP contribution < -0.4 is 5.32 Å². The fourth-order valence-electron chi connectivity index (χ4n) is 4.05. The Bertz CT molecular complexity index is 549. The Balaban J connectivity index is 1.62. The van der Waals surface area contributed by atoms with Gasteiger partial charge in [-0.3, -0.25) is 9.69 Å². The Morgan fingerprint density at radius 2 is 1.76 bits per heavy atom. The number of nitrogens with one attached hydrogen (secondary N) is 1. The summed E-state index contributed by atoms with van der Waals surface area (Å²) < 4.78 is 13.3. The third-order valence-electron chi connectivity index (χ3n) is 5.62. The maximum absolute atomic E-state index is 13.3. The predicted octanol–water partition coefficient (Wildman–Crippen LogP) is 3.02. The van der Waals surface area contributed by atoms with Gasteiger partial charge in [0.25, 0.3) is 0 Å². The monoisotopic (exact) mass is 348 g/mol. The number of nitrogens with zero attached hydrogens (tertiary/aromatic N) is 1. The zero-order valence-corrected chi connectivity index (χ0v) is 14.8. The van der Waals surface area contributed by atoms with Gasteiger partial charge in [-0.25, -0.2) is 4.39 Å². The highest BCUT2D eigenvalue weighted by Gasteiger charge is 2.27. The third-order valence-corrected chi connectivity index (χ3v) is 5.62. The molecule has 1 saturated carbocycles. The smallest absolute Gasteiger partial charge is 0.223 e. The van der Waals surface area contributed by atoms with Crippen molar-refractivity contribution < 1.29 is 14.3 Å². The first kappa shape index (κ1) is 18.3. The Labute approximate surface area is 149 Å². The molecule has 138 valence electrons. The molecule has 0 radical (unpaired) electrons. The number of piperidine rings is 1. The summed E-state index contributed by atoms with van der Waals surface area (Å²) in [7, 11) is 0. The summed E-state index contributed by atoms with van der Waals surface area (Å²) in [5.74, 6) is -0.124. The van der Waals surface area contributed by atoms with Gasteiger partial charge in [0.05, 0.1) is 12.1 Å². The van der Waals surface area contributed by atoms with Gasteiger partial charge in [0, 0.05) is 12.5 Å². The summed E-state index contributed by atoms with van der Waals surface area (Å²) in [5.41, 5.74) is 1.06. The summed E-state index contributed by atoms with van der Waals surface area (Å²) in [4.78, 5) is 14.9. The second kappa shape index (κ2) is 8.77. The number of likely N-dealkylation sites (tertiary alicyclic amines) is 1. The van der Waals surface area contributed by atoms with E-state index < -0.39 is 0 Å². The highest BCUT2D eigenvalue weighted by molar-refractivity contribution is 5.78. The van der Waals surface area contributed by atoms with Crippen molar-refractivity contribution in [3.63, 3.8) is 0 Å². The van der Waals surface area contributed by atoms with Crippen molar-refractivity contribution in [1.29, 1.82) is 0 Å². The van der Waals surface area contributed by atoms with Crippen molar-refractivity contribution in [1.82, 2.24) is 10.2 Å². The third kappa shape index (κ3) is 5.02. The lowest BCUT2D eigenvalue weighted by Gasteiger charge is -2.35. The summed E-state index contributed by atoms with van der Waals surface area (Å²) >= 11 is 0. The van der Waals surface area contributed by atoms with Crippen molar-refractivity contribution in [2.45, 2.75) is 57.1 Å². The van der Waals surface area contributed by atoms with Crippen LogP contribution >= 0.6 is 0 Å². The Morgan fingerprint density at radius 1 is 1.12 bits per heavy atom. The van der Waals surface area contributed by atoms with Crippen LogP contribution in [0.2, 0.25) is 0 Å². The Kier molecular flexibility index (Phi) is 6.43. The zero-order chi connectivity index (χ0) is 17.6. The summed E-state index contributed by atoms with van der Waals surface area (Å²) in [6.45, 7) is 2.60. The van der Waals surface area contributed by atoms with Gasteiger partial charge in [-0.05, 0) is 69.3 Å². The molecular weight excluding hydrogens is 319 g/mol. The lowest BCUT2D eigenvalue weighted by Crippen LogP contribution is -2.42. The fraction of sp³-hybridized carbons (Fsp3) is 0.650. The second-order valence-electron chi connectivity index (χ2n) is 7.41. The van der Waals surface area contributed by atoms with Gasteiger partial charge in [0.15, 0.2) is 0 Å². The molecule has 1 saturated heterocycles. The van der Waals surface area contributed by atoms with Gasteiger partial charge in [-0.1, -0.05) is 18.6 Å².